The van der Waals surface area contributed by atoms with Crippen molar-refractivity contribution >= 4 is 40.6 Å². The molecule has 1 aliphatic rings. The molecular formula is C25H33BrO5Si. The van der Waals surface area contributed by atoms with Crippen LogP contribution in [-0.2, 0) is 23.4 Å². The Morgan fingerprint density at radius 1 is 0.969 bits per heavy atom. The molecule has 0 amide bonds. The van der Waals surface area contributed by atoms with Crippen LogP contribution in [0.25, 0.3) is 0 Å². The molecule has 0 N–H and O–H groups in total. The van der Waals surface area contributed by atoms with Gasteiger partial charge in [-0.25, -0.2) is 0 Å². The first-order chi connectivity index (χ1) is 15.1. The van der Waals surface area contributed by atoms with Gasteiger partial charge in [-0.2, -0.15) is 0 Å². The van der Waals surface area contributed by atoms with E-state index < -0.39 is 26.8 Å². The Morgan fingerprint density at radius 2 is 1.47 bits per heavy atom. The minimum atomic E-state index is -2.91. The summed E-state index contributed by atoms with van der Waals surface area (Å²) in [5.74, 6) is -0.362. The van der Waals surface area contributed by atoms with E-state index in [4.69, 9.17) is 18.6 Å². The van der Waals surface area contributed by atoms with Crippen LogP contribution in [0.2, 0.25) is 5.04 Å². The lowest BCUT2D eigenvalue weighted by atomic mass is 10.0. The van der Waals surface area contributed by atoms with Gasteiger partial charge in [0.05, 0.1) is 10.9 Å². The molecule has 2 aromatic rings. The Hall–Kier alpha value is -1.51. The van der Waals surface area contributed by atoms with Crippen molar-refractivity contribution in [3.63, 3.8) is 0 Å². The molecule has 7 heteroatoms. The lowest BCUT2D eigenvalue weighted by molar-refractivity contribution is -0.250. The zero-order chi connectivity index (χ0) is 23.5. The molecule has 0 aliphatic carbocycles. The molecule has 32 heavy (non-hydrogen) atoms. The summed E-state index contributed by atoms with van der Waals surface area (Å²) in [6.07, 6.45) is -2.08. The van der Waals surface area contributed by atoms with Gasteiger partial charge < -0.3 is 18.6 Å². The molecule has 2 aromatic carbocycles. The largest absolute Gasteiger partial charge is 0.458 e. The number of benzene rings is 2. The second-order valence-corrected chi connectivity index (χ2v) is 14.5. The normalized spacial score (nSPS) is 26.5. The number of ether oxygens (including phenoxy) is 3. The highest BCUT2D eigenvalue weighted by Gasteiger charge is 2.56. The zero-order valence-electron chi connectivity index (χ0n) is 19.6. The average Bonchev–Trinajstić information content (AvgIpc) is 2.76. The van der Waals surface area contributed by atoms with E-state index in [1.165, 1.54) is 6.92 Å². The number of carbonyl (C=O) groups is 1. The van der Waals surface area contributed by atoms with Gasteiger partial charge in [-0.3, -0.25) is 4.79 Å². The van der Waals surface area contributed by atoms with Gasteiger partial charge in [-0.05, 0) is 22.3 Å². The fraction of sp³-hybridized carbons (Fsp3) is 0.480. The number of rotatable bonds is 6. The van der Waals surface area contributed by atoms with Gasteiger partial charge in [0.25, 0.3) is 8.32 Å². The van der Waals surface area contributed by atoms with E-state index in [1.807, 2.05) is 43.3 Å². The number of esters is 1. The first-order valence-electron chi connectivity index (χ1n) is 10.9. The molecular weight excluding hydrogens is 488 g/mol. The quantitative estimate of drug-likeness (QED) is 0.327. The molecule has 5 nitrogen and oxygen atoms in total. The van der Waals surface area contributed by atoms with Crippen molar-refractivity contribution < 1.29 is 23.4 Å². The van der Waals surface area contributed by atoms with Crippen LogP contribution in [0.1, 0.15) is 34.6 Å². The maximum atomic E-state index is 12.0. The Balaban J connectivity index is 2.21. The molecule has 1 saturated heterocycles. The fourth-order valence-corrected chi connectivity index (χ4v) is 9.70. The molecule has 3 rings (SSSR count). The fourth-order valence-electron chi connectivity index (χ4n) is 4.50. The topological polar surface area (TPSA) is 54.0 Å². The standard InChI is InChI=1S/C25H33BrO5Si/c1-17-21(26)22(30-18(2)27)23(24(28-6)29-17)31-32(25(3,4)5,19-13-9-7-10-14-19)20-15-11-8-12-16-20/h7-17,21-24H,1-6H3/t17-,21?,22?,23-,24+/m0/s1. The van der Waals surface area contributed by atoms with Gasteiger partial charge in [0, 0.05) is 14.0 Å². The van der Waals surface area contributed by atoms with Crippen LogP contribution < -0.4 is 10.4 Å². The van der Waals surface area contributed by atoms with Gasteiger partial charge in [0.1, 0.15) is 12.2 Å². The predicted octanol–water partition coefficient (Wildman–Crippen LogP) is 4.02. The van der Waals surface area contributed by atoms with Crippen molar-refractivity contribution in [2.45, 2.75) is 69.1 Å². The van der Waals surface area contributed by atoms with Gasteiger partial charge in [0.15, 0.2) is 6.29 Å². The summed E-state index contributed by atoms with van der Waals surface area (Å²) < 4.78 is 24.9. The van der Waals surface area contributed by atoms with Crippen molar-refractivity contribution in [3.05, 3.63) is 60.7 Å². The summed E-state index contributed by atoms with van der Waals surface area (Å²) in [5, 5.41) is 2.04. The smallest absolute Gasteiger partial charge is 0.303 e. The average molecular weight is 522 g/mol. The number of alkyl halides is 1. The van der Waals surface area contributed by atoms with Crippen LogP contribution in [0.4, 0.5) is 0 Å². The number of hydrogen-bond acceptors (Lipinski definition) is 5. The molecule has 5 atom stereocenters. The maximum absolute atomic E-state index is 12.0. The van der Waals surface area contributed by atoms with Crippen LogP contribution in [0.15, 0.2) is 60.7 Å². The van der Waals surface area contributed by atoms with E-state index in [9.17, 15) is 4.79 Å². The summed E-state index contributed by atoms with van der Waals surface area (Å²) >= 11 is 3.69. The van der Waals surface area contributed by atoms with Crippen LogP contribution in [-0.4, -0.2) is 50.8 Å². The van der Waals surface area contributed by atoms with Crippen LogP contribution in [0.3, 0.4) is 0 Å². The van der Waals surface area contributed by atoms with Crippen molar-refractivity contribution in [2.75, 3.05) is 7.11 Å². The molecule has 174 valence electrons. The highest BCUT2D eigenvalue weighted by molar-refractivity contribution is 9.09. The van der Waals surface area contributed by atoms with Crippen LogP contribution in [0, 0.1) is 0 Å². The molecule has 0 aromatic heterocycles. The molecule has 1 heterocycles. The van der Waals surface area contributed by atoms with Crippen molar-refractivity contribution in [1.82, 2.24) is 0 Å². The van der Waals surface area contributed by atoms with Gasteiger partial charge >= 0.3 is 5.97 Å². The van der Waals surface area contributed by atoms with E-state index >= 15 is 0 Å². The third kappa shape index (κ3) is 4.87. The summed E-state index contributed by atoms with van der Waals surface area (Å²) in [6.45, 7) is 9.97. The molecule has 0 radical (unpaired) electrons. The number of hydrogen-bond donors (Lipinski definition) is 0. The number of carbonyl (C=O) groups excluding carboxylic acids is 1. The van der Waals surface area contributed by atoms with E-state index in [-0.39, 0.29) is 21.9 Å². The maximum Gasteiger partial charge on any atom is 0.303 e. The van der Waals surface area contributed by atoms with Gasteiger partial charge in [0.2, 0.25) is 0 Å². The Labute approximate surface area is 200 Å². The summed E-state index contributed by atoms with van der Waals surface area (Å²) in [7, 11) is -1.32. The summed E-state index contributed by atoms with van der Waals surface area (Å²) in [4.78, 5) is 11.8. The minimum Gasteiger partial charge on any atom is -0.458 e. The van der Waals surface area contributed by atoms with Crippen LogP contribution in [0.5, 0.6) is 0 Å². The predicted molar refractivity (Wildman–Crippen MR) is 132 cm³/mol. The number of methoxy groups -OCH3 is 1. The summed E-state index contributed by atoms with van der Waals surface area (Å²) in [5.41, 5.74) is 0. The summed E-state index contributed by atoms with van der Waals surface area (Å²) in [6, 6.07) is 20.7. The zero-order valence-corrected chi connectivity index (χ0v) is 22.2. The molecule has 1 fully saturated rings. The second kappa shape index (κ2) is 10.2. The first-order valence-corrected chi connectivity index (χ1v) is 13.7. The first kappa shape index (κ1) is 25.1. The molecule has 0 saturated carbocycles. The lowest BCUT2D eigenvalue weighted by Gasteiger charge is -2.50. The molecule has 1 aliphatic heterocycles. The van der Waals surface area contributed by atoms with Gasteiger partial charge in [-0.15, -0.1) is 0 Å². The number of halogens is 1. The van der Waals surface area contributed by atoms with Crippen molar-refractivity contribution in [3.8, 4) is 0 Å². The molecule has 2 unspecified atom stereocenters. The highest BCUT2D eigenvalue weighted by Crippen LogP contribution is 2.41. The lowest BCUT2D eigenvalue weighted by Crippen LogP contribution is -2.71. The van der Waals surface area contributed by atoms with E-state index in [0.29, 0.717) is 0 Å². The van der Waals surface area contributed by atoms with Crippen molar-refractivity contribution in [2.24, 2.45) is 0 Å². The van der Waals surface area contributed by atoms with E-state index in [0.717, 1.165) is 10.4 Å². The van der Waals surface area contributed by atoms with Crippen molar-refractivity contribution in [1.29, 1.82) is 0 Å². The highest BCUT2D eigenvalue weighted by atomic mass is 79.9. The minimum absolute atomic E-state index is 0.219. The second-order valence-electron chi connectivity index (χ2n) is 9.21. The third-order valence-electron chi connectivity index (χ3n) is 5.97. The monoisotopic (exact) mass is 520 g/mol. The Kier molecular flexibility index (Phi) is 7.99. The Bertz CT molecular complexity index is 847. The van der Waals surface area contributed by atoms with E-state index in [2.05, 4.69) is 61.0 Å². The van der Waals surface area contributed by atoms with Crippen LogP contribution >= 0.6 is 15.9 Å². The Morgan fingerprint density at radius 3 is 1.88 bits per heavy atom. The van der Waals surface area contributed by atoms with Gasteiger partial charge in [-0.1, -0.05) is 97.4 Å². The van der Waals surface area contributed by atoms with E-state index in [1.54, 1.807) is 7.11 Å². The SMILES string of the molecule is CO[C@@H]1O[C@@H](C)C(Br)C(OC(C)=O)[C@@H]1O[Si](c1ccccc1)(c1ccccc1)C(C)(C)C. The third-order valence-corrected chi connectivity index (χ3v) is 12.3. The molecule has 0 spiro atoms. The molecule has 0 bridgehead atoms.